The van der Waals surface area contributed by atoms with Crippen molar-refractivity contribution in [3.05, 3.63) is 53.5 Å². The van der Waals surface area contributed by atoms with Gasteiger partial charge in [0.15, 0.2) is 5.69 Å². The van der Waals surface area contributed by atoms with Crippen LogP contribution in [-0.4, -0.2) is 75.4 Å². The summed E-state index contributed by atoms with van der Waals surface area (Å²) in [5.74, 6) is 3.40. The fraction of sp³-hybridized carbons (Fsp3) is 0.455. The van der Waals surface area contributed by atoms with Gasteiger partial charge in [-0.05, 0) is 31.0 Å². The van der Waals surface area contributed by atoms with Crippen molar-refractivity contribution in [2.45, 2.75) is 38.5 Å². The molecule has 1 aliphatic heterocycles. The molecule has 17 heteroatoms. The van der Waals surface area contributed by atoms with Gasteiger partial charge >= 0.3 is 6.36 Å². The van der Waals surface area contributed by atoms with E-state index in [1.807, 2.05) is 0 Å². The van der Waals surface area contributed by atoms with Crippen LogP contribution in [0.2, 0.25) is 0 Å². The Morgan fingerprint density at radius 3 is 2.69 bits per heavy atom. The predicted molar refractivity (Wildman–Crippen MR) is 126 cm³/mol. The first-order chi connectivity index (χ1) is 18.4. The van der Waals surface area contributed by atoms with Crippen LogP contribution in [0.3, 0.4) is 0 Å². The molecule has 1 aromatic carbocycles. The zero-order valence-electron chi connectivity index (χ0n) is 20.6. The monoisotopic (exact) mass is 561 g/mol. The number of unbranched alkanes of at least 4 members (excludes halogenated alkanes) is 1. The lowest BCUT2D eigenvalue weighted by Gasteiger charge is -2.33. The van der Waals surface area contributed by atoms with Gasteiger partial charge < -0.3 is 26.1 Å². The summed E-state index contributed by atoms with van der Waals surface area (Å²) in [7, 11) is 0. The van der Waals surface area contributed by atoms with Crippen LogP contribution < -0.4 is 26.9 Å². The molecule has 12 nitrogen and oxygen atoms in total. The van der Waals surface area contributed by atoms with Crippen molar-refractivity contribution in [2.24, 2.45) is 11.6 Å². The van der Waals surface area contributed by atoms with Gasteiger partial charge in [-0.3, -0.25) is 19.2 Å². The molecule has 0 bridgehead atoms. The SMILES string of the molecule is N/C(=C\N(N)CCCCn1cc(C(=O)NCc2cc(OC(F)(F)F)ccc2F)nn1)NC(=O)CN1CC(F)C1. The normalized spacial score (nSPS) is 14.6. The van der Waals surface area contributed by atoms with Crippen LogP contribution in [0.4, 0.5) is 22.0 Å². The number of alkyl halides is 4. The minimum absolute atomic E-state index is 0.0401. The highest BCUT2D eigenvalue weighted by Gasteiger charge is 2.31. The molecule has 2 heterocycles. The van der Waals surface area contributed by atoms with Crippen molar-refractivity contribution < 1.29 is 36.3 Å². The maximum absolute atomic E-state index is 13.9. The van der Waals surface area contributed by atoms with E-state index in [0.29, 0.717) is 25.9 Å². The Morgan fingerprint density at radius 1 is 1.26 bits per heavy atom. The molecule has 39 heavy (non-hydrogen) atoms. The molecule has 0 unspecified atom stereocenters. The van der Waals surface area contributed by atoms with Crippen LogP contribution in [-0.2, 0) is 17.9 Å². The van der Waals surface area contributed by atoms with Gasteiger partial charge in [0.1, 0.15) is 23.6 Å². The van der Waals surface area contributed by atoms with Crippen LogP contribution in [0.5, 0.6) is 5.75 Å². The van der Waals surface area contributed by atoms with Crippen LogP contribution >= 0.6 is 0 Å². The number of likely N-dealkylation sites (tertiary alicyclic amines) is 1. The lowest BCUT2D eigenvalue weighted by atomic mass is 10.2. The van der Waals surface area contributed by atoms with Gasteiger partial charge in [0.05, 0.1) is 18.9 Å². The van der Waals surface area contributed by atoms with E-state index >= 15 is 0 Å². The second-order valence-electron chi connectivity index (χ2n) is 8.72. The van der Waals surface area contributed by atoms with Crippen molar-refractivity contribution in [3.63, 3.8) is 0 Å². The highest BCUT2D eigenvalue weighted by molar-refractivity contribution is 5.91. The number of rotatable bonds is 13. The van der Waals surface area contributed by atoms with Gasteiger partial charge in [0.2, 0.25) is 5.91 Å². The summed E-state index contributed by atoms with van der Waals surface area (Å²) < 4.78 is 69.0. The summed E-state index contributed by atoms with van der Waals surface area (Å²) in [5.41, 5.74) is 5.48. The molecule has 1 aromatic heterocycles. The van der Waals surface area contributed by atoms with E-state index in [0.717, 1.165) is 18.2 Å². The highest BCUT2D eigenvalue weighted by atomic mass is 19.4. The molecule has 0 aliphatic carbocycles. The molecule has 2 aromatic rings. The number of hydrazine groups is 1. The van der Waals surface area contributed by atoms with Crippen molar-refractivity contribution in [3.8, 4) is 5.75 Å². The second kappa shape index (κ2) is 13.2. The summed E-state index contributed by atoms with van der Waals surface area (Å²) in [6.07, 6.45) is -1.92. The van der Waals surface area contributed by atoms with E-state index in [9.17, 15) is 31.5 Å². The number of carbonyl (C=O) groups is 2. The van der Waals surface area contributed by atoms with Crippen molar-refractivity contribution in [1.82, 2.24) is 35.5 Å². The first-order valence-corrected chi connectivity index (χ1v) is 11.8. The smallest absolute Gasteiger partial charge is 0.406 e. The zero-order chi connectivity index (χ0) is 28.6. The van der Waals surface area contributed by atoms with E-state index in [4.69, 9.17) is 11.6 Å². The maximum Gasteiger partial charge on any atom is 0.573 e. The third-order valence-electron chi connectivity index (χ3n) is 5.38. The molecule has 214 valence electrons. The molecule has 1 aliphatic rings. The summed E-state index contributed by atoms with van der Waals surface area (Å²) >= 11 is 0. The van der Waals surface area contributed by atoms with Crippen LogP contribution in [0, 0.1) is 5.82 Å². The molecule has 3 rings (SSSR count). The summed E-state index contributed by atoms with van der Waals surface area (Å²) in [4.78, 5) is 25.8. The van der Waals surface area contributed by atoms with Gasteiger partial charge in [-0.2, -0.15) is 0 Å². The molecule has 1 saturated heterocycles. The van der Waals surface area contributed by atoms with Gasteiger partial charge in [-0.25, -0.2) is 14.6 Å². The fourth-order valence-corrected chi connectivity index (χ4v) is 3.54. The molecule has 6 N–H and O–H groups in total. The summed E-state index contributed by atoms with van der Waals surface area (Å²) in [5, 5.41) is 13.7. The number of aromatic nitrogens is 3. The number of nitrogens with one attached hydrogen (secondary N) is 2. The minimum atomic E-state index is -4.93. The topological polar surface area (TPSA) is 157 Å². The molecule has 2 amide bonds. The average molecular weight is 562 g/mol. The third-order valence-corrected chi connectivity index (χ3v) is 5.38. The van der Waals surface area contributed by atoms with E-state index in [2.05, 4.69) is 25.7 Å². The molecule has 0 radical (unpaired) electrons. The number of ether oxygens (including phenoxy) is 1. The predicted octanol–water partition coefficient (Wildman–Crippen LogP) is 0.729. The number of amides is 2. The van der Waals surface area contributed by atoms with E-state index in [1.165, 1.54) is 22.1 Å². The zero-order valence-corrected chi connectivity index (χ0v) is 20.6. The number of aryl methyl sites for hydroxylation is 1. The number of nitrogens with two attached hydrogens (primary N) is 2. The quantitative estimate of drug-likeness (QED) is 0.120. The van der Waals surface area contributed by atoms with Crippen molar-refractivity contribution in [1.29, 1.82) is 0 Å². The summed E-state index contributed by atoms with van der Waals surface area (Å²) in [6.45, 7) is 0.857. The minimum Gasteiger partial charge on any atom is -0.406 e. The fourth-order valence-electron chi connectivity index (χ4n) is 3.54. The number of nitrogens with zero attached hydrogens (tertiary/aromatic N) is 5. The summed E-state index contributed by atoms with van der Waals surface area (Å²) in [6, 6.07) is 2.47. The third kappa shape index (κ3) is 10.0. The number of halogens is 5. The van der Waals surface area contributed by atoms with Gasteiger partial charge in [0, 0.05) is 38.3 Å². The largest absolute Gasteiger partial charge is 0.573 e. The Balaban J connectivity index is 1.36. The molecular formula is C22H28F5N9O3. The molecule has 0 spiro atoms. The molecule has 0 atom stereocenters. The number of carbonyl (C=O) groups excluding carboxylic acids is 2. The Labute approximate surface area is 219 Å². The van der Waals surface area contributed by atoms with E-state index in [-0.39, 0.29) is 42.6 Å². The molecule has 1 fully saturated rings. The molecular weight excluding hydrogens is 533 g/mol. The highest BCUT2D eigenvalue weighted by Crippen LogP contribution is 2.24. The maximum atomic E-state index is 13.9. The lowest BCUT2D eigenvalue weighted by molar-refractivity contribution is -0.274. The van der Waals surface area contributed by atoms with Crippen molar-refractivity contribution >= 4 is 11.8 Å². The van der Waals surface area contributed by atoms with Crippen LogP contribution in [0.25, 0.3) is 0 Å². The number of hydrogen-bond donors (Lipinski definition) is 4. The average Bonchev–Trinajstić information content (AvgIpc) is 3.29. The first kappa shape index (κ1) is 29.6. The number of hydrogen-bond acceptors (Lipinski definition) is 9. The Morgan fingerprint density at radius 2 is 2.00 bits per heavy atom. The van der Waals surface area contributed by atoms with E-state index < -0.39 is 36.6 Å². The first-order valence-electron chi connectivity index (χ1n) is 11.8. The Hall–Kier alpha value is -3.99. The van der Waals surface area contributed by atoms with Gasteiger partial charge in [0.25, 0.3) is 5.91 Å². The second-order valence-corrected chi connectivity index (χ2v) is 8.72. The number of benzene rings is 1. The van der Waals surface area contributed by atoms with Crippen LogP contribution in [0.1, 0.15) is 28.9 Å². The molecule has 0 saturated carbocycles. The van der Waals surface area contributed by atoms with Crippen LogP contribution in [0.15, 0.2) is 36.4 Å². The Kier molecular flexibility index (Phi) is 10.00. The Bertz CT molecular complexity index is 1170. The lowest BCUT2D eigenvalue weighted by Crippen LogP contribution is -2.52. The standard InChI is InChI=1S/C22H28F5N9O3/c23-15-9-34(10-15)13-20(37)31-19(28)12-35(29)5-1-2-6-36-11-18(32-33-36)21(38)30-8-14-7-16(3-4-17(14)24)39-22(25,26)27/h3-4,7,11-12,15H,1-2,5-6,8-10,13,28-29H2,(H,30,38)(H,31,37)/b19-12+. The van der Waals surface area contributed by atoms with E-state index in [1.54, 1.807) is 4.90 Å². The van der Waals surface area contributed by atoms with Gasteiger partial charge in [-0.15, -0.1) is 18.3 Å². The van der Waals surface area contributed by atoms with Crippen molar-refractivity contribution in [2.75, 3.05) is 26.2 Å². The van der Waals surface area contributed by atoms with Gasteiger partial charge in [-0.1, -0.05) is 5.21 Å².